The Hall–Kier alpha value is -1.80. The van der Waals surface area contributed by atoms with Gasteiger partial charge in [0.2, 0.25) is 5.91 Å². The van der Waals surface area contributed by atoms with Crippen molar-refractivity contribution in [1.29, 1.82) is 0 Å². The molecular weight excluding hydrogens is 290 g/mol. The van der Waals surface area contributed by atoms with Gasteiger partial charge in [-0.05, 0) is 12.1 Å². The zero-order chi connectivity index (χ0) is 15.2. The molecule has 7 nitrogen and oxygen atoms in total. The van der Waals surface area contributed by atoms with Crippen LogP contribution in [-0.2, 0) is 29.5 Å². The van der Waals surface area contributed by atoms with Crippen LogP contribution in [0.3, 0.4) is 0 Å². The van der Waals surface area contributed by atoms with Gasteiger partial charge >= 0.3 is 0 Å². The van der Waals surface area contributed by atoms with Gasteiger partial charge in [-0.1, -0.05) is 11.8 Å². The average molecular weight is 309 g/mol. The van der Waals surface area contributed by atoms with Crippen molar-refractivity contribution < 1.29 is 9.53 Å². The number of hydrogen-bond donors (Lipinski definition) is 1. The van der Waals surface area contributed by atoms with Crippen molar-refractivity contribution in [3.63, 3.8) is 0 Å². The first-order chi connectivity index (χ1) is 10.1. The van der Waals surface area contributed by atoms with Gasteiger partial charge in [0, 0.05) is 39.0 Å². The molecule has 114 valence electrons. The summed E-state index contributed by atoms with van der Waals surface area (Å²) < 4.78 is 9.15. The van der Waals surface area contributed by atoms with Gasteiger partial charge in [0.25, 0.3) is 0 Å². The van der Waals surface area contributed by atoms with Gasteiger partial charge in [-0.15, -0.1) is 10.2 Å². The summed E-state index contributed by atoms with van der Waals surface area (Å²) in [4.78, 5) is 10.9. The Kier molecular flexibility index (Phi) is 5.40. The van der Waals surface area contributed by atoms with E-state index in [9.17, 15) is 4.79 Å². The van der Waals surface area contributed by atoms with Crippen LogP contribution in [0.4, 0.5) is 0 Å². The summed E-state index contributed by atoms with van der Waals surface area (Å²) in [5, 5.41) is 9.08. The van der Waals surface area contributed by atoms with E-state index >= 15 is 0 Å². The third kappa shape index (κ3) is 4.08. The molecule has 0 unspecified atom stereocenters. The van der Waals surface area contributed by atoms with Crippen LogP contribution >= 0.6 is 11.8 Å². The van der Waals surface area contributed by atoms with Crippen molar-refractivity contribution in [3.05, 3.63) is 29.8 Å². The fourth-order valence-corrected chi connectivity index (χ4v) is 2.66. The number of methoxy groups -OCH3 is 1. The highest BCUT2D eigenvalue weighted by molar-refractivity contribution is 7.99. The van der Waals surface area contributed by atoms with Crippen LogP contribution in [-0.4, -0.2) is 44.7 Å². The number of aryl methyl sites for hydroxylation is 1. The molecule has 0 aliphatic heterocycles. The number of thioether (sulfide) groups is 1. The number of nitrogens with zero attached hydrogens (tertiary/aromatic N) is 4. The number of aromatic nitrogens is 4. The fraction of sp³-hybridized carbons (Fsp3) is 0.462. The standard InChI is InChI=1S/C13H19N5O2S/c1-17-5-3-4-10(17)8-12-15-16-13(21-9-11(14)19)18(12)6-7-20-2/h3-5H,6-9H2,1-2H3,(H2,14,19). The van der Waals surface area contributed by atoms with E-state index < -0.39 is 0 Å². The second kappa shape index (κ2) is 7.28. The highest BCUT2D eigenvalue weighted by atomic mass is 32.2. The van der Waals surface area contributed by atoms with Crippen LogP contribution < -0.4 is 5.73 Å². The third-order valence-electron chi connectivity index (χ3n) is 3.05. The lowest BCUT2D eigenvalue weighted by Gasteiger charge is -2.09. The van der Waals surface area contributed by atoms with Crippen molar-refractivity contribution in [2.24, 2.45) is 12.8 Å². The Morgan fingerprint density at radius 3 is 2.90 bits per heavy atom. The van der Waals surface area contributed by atoms with Crippen molar-refractivity contribution >= 4 is 17.7 Å². The van der Waals surface area contributed by atoms with Crippen molar-refractivity contribution in [3.8, 4) is 0 Å². The molecule has 0 aromatic carbocycles. The molecule has 0 bridgehead atoms. The smallest absolute Gasteiger partial charge is 0.227 e. The molecule has 21 heavy (non-hydrogen) atoms. The summed E-state index contributed by atoms with van der Waals surface area (Å²) in [7, 11) is 3.64. The van der Waals surface area contributed by atoms with E-state index in [0.29, 0.717) is 24.7 Å². The maximum atomic E-state index is 10.9. The molecule has 2 heterocycles. The number of ether oxygens (including phenoxy) is 1. The number of carbonyl (C=O) groups excluding carboxylic acids is 1. The number of carbonyl (C=O) groups is 1. The van der Waals surface area contributed by atoms with Gasteiger partial charge in [0.15, 0.2) is 5.16 Å². The second-order valence-corrected chi connectivity index (χ2v) is 5.53. The van der Waals surface area contributed by atoms with Gasteiger partial charge in [-0.2, -0.15) is 0 Å². The Morgan fingerprint density at radius 1 is 1.48 bits per heavy atom. The summed E-state index contributed by atoms with van der Waals surface area (Å²) in [6, 6.07) is 4.04. The molecule has 0 atom stereocenters. The van der Waals surface area contributed by atoms with Crippen LogP contribution in [0.15, 0.2) is 23.5 Å². The number of amides is 1. The summed E-state index contributed by atoms with van der Waals surface area (Å²) in [5.74, 6) is 0.668. The van der Waals surface area contributed by atoms with E-state index in [1.807, 2.05) is 34.5 Å². The molecule has 0 fully saturated rings. The largest absolute Gasteiger partial charge is 0.383 e. The summed E-state index contributed by atoms with van der Waals surface area (Å²) in [6.07, 6.45) is 2.67. The van der Waals surface area contributed by atoms with Crippen LogP contribution in [0, 0.1) is 0 Å². The lowest BCUT2D eigenvalue weighted by molar-refractivity contribution is -0.115. The van der Waals surface area contributed by atoms with E-state index in [-0.39, 0.29) is 11.7 Å². The maximum absolute atomic E-state index is 10.9. The number of primary amides is 1. The molecule has 0 spiro atoms. The fourth-order valence-electron chi connectivity index (χ4n) is 1.94. The first-order valence-electron chi connectivity index (χ1n) is 6.54. The summed E-state index contributed by atoms with van der Waals surface area (Å²) in [5.41, 5.74) is 6.33. The molecule has 0 radical (unpaired) electrons. The van der Waals surface area contributed by atoms with E-state index in [1.165, 1.54) is 11.8 Å². The predicted octanol–water partition coefficient (Wildman–Crippen LogP) is 0.431. The van der Waals surface area contributed by atoms with Crippen LogP contribution in [0.2, 0.25) is 0 Å². The van der Waals surface area contributed by atoms with E-state index in [0.717, 1.165) is 11.5 Å². The Balaban J connectivity index is 2.19. The molecule has 0 aliphatic carbocycles. The molecule has 1 amide bonds. The van der Waals surface area contributed by atoms with E-state index in [1.54, 1.807) is 7.11 Å². The van der Waals surface area contributed by atoms with E-state index in [4.69, 9.17) is 10.5 Å². The highest BCUT2D eigenvalue weighted by Crippen LogP contribution is 2.18. The monoisotopic (exact) mass is 309 g/mol. The Morgan fingerprint density at radius 2 is 2.29 bits per heavy atom. The predicted molar refractivity (Wildman–Crippen MR) is 80.0 cm³/mol. The van der Waals surface area contributed by atoms with Crippen molar-refractivity contribution in [2.45, 2.75) is 18.1 Å². The topological polar surface area (TPSA) is 88.0 Å². The zero-order valence-corrected chi connectivity index (χ0v) is 13.0. The maximum Gasteiger partial charge on any atom is 0.227 e. The first-order valence-corrected chi connectivity index (χ1v) is 7.52. The summed E-state index contributed by atoms with van der Waals surface area (Å²) in [6.45, 7) is 1.20. The van der Waals surface area contributed by atoms with Crippen LogP contribution in [0.1, 0.15) is 11.5 Å². The molecule has 0 aliphatic rings. The minimum absolute atomic E-state index is 0.190. The van der Waals surface area contributed by atoms with Gasteiger partial charge in [0.05, 0.1) is 12.4 Å². The zero-order valence-electron chi connectivity index (χ0n) is 12.2. The van der Waals surface area contributed by atoms with Crippen molar-refractivity contribution in [1.82, 2.24) is 19.3 Å². The normalized spacial score (nSPS) is 11.0. The number of nitrogens with two attached hydrogens (primary N) is 1. The number of hydrogen-bond acceptors (Lipinski definition) is 5. The Bertz CT molecular complexity index is 607. The van der Waals surface area contributed by atoms with Gasteiger partial charge in [-0.25, -0.2) is 0 Å². The molecule has 2 aromatic rings. The van der Waals surface area contributed by atoms with Crippen LogP contribution in [0.25, 0.3) is 0 Å². The van der Waals surface area contributed by atoms with Gasteiger partial charge < -0.3 is 19.6 Å². The molecule has 0 saturated heterocycles. The second-order valence-electron chi connectivity index (χ2n) is 4.59. The lowest BCUT2D eigenvalue weighted by Crippen LogP contribution is -2.15. The van der Waals surface area contributed by atoms with Crippen LogP contribution in [0.5, 0.6) is 0 Å². The average Bonchev–Trinajstić information content (AvgIpc) is 3.02. The lowest BCUT2D eigenvalue weighted by atomic mass is 10.3. The van der Waals surface area contributed by atoms with Gasteiger partial charge in [0.1, 0.15) is 5.82 Å². The van der Waals surface area contributed by atoms with Gasteiger partial charge in [-0.3, -0.25) is 4.79 Å². The molecular formula is C13H19N5O2S. The molecule has 8 heteroatoms. The highest BCUT2D eigenvalue weighted by Gasteiger charge is 2.14. The summed E-state index contributed by atoms with van der Waals surface area (Å²) >= 11 is 1.30. The quantitative estimate of drug-likeness (QED) is 0.715. The number of rotatable bonds is 8. The third-order valence-corrected chi connectivity index (χ3v) is 4.04. The molecule has 0 saturated carbocycles. The minimum Gasteiger partial charge on any atom is -0.383 e. The van der Waals surface area contributed by atoms with E-state index in [2.05, 4.69) is 10.2 Å². The van der Waals surface area contributed by atoms with Crippen molar-refractivity contribution in [2.75, 3.05) is 19.5 Å². The molecule has 2 N–H and O–H groups in total. The first kappa shape index (κ1) is 15.6. The Labute approximate surface area is 127 Å². The molecule has 2 rings (SSSR count). The minimum atomic E-state index is -0.370. The SMILES string of the molecule is COCCn1c(Cc2cccn2C)nnc1SCC(N)=O. The molecule has 2 aromatic heterocycles.